The molecule has 1 N–H and O–H groups in total. The number of aliphatic hydroxyl groups excluding tert-OH is 1. The van der Waals surface area contributed by atoms with Gasteiger partial charge in [0.05, 0.1) is 23.8 Å². The molecule has 1 unspecified atom stereocenters. The standard InChI is InChI=1S/C33H37N3O4/c1-6-35(7-2)26-13-10-23(11-14-26)30-29(31(37)24-12-15-28-27(19-24)34(5)16-17-40-28)32(38)33(39)36(30)20-25-18-21(3)8-9-22(25)4/h8-15,18-19,30,37H,6-7,16-17,20H2,1-5H3/b31-29-. The van der Waals surface area contributed by atoms with Gasteiger partial charge in [-0.1, -0.05) is 35.9 Å². The van der Waals surface area contributed by atoms with Crippen molar-refractivity contribution in [1.82, 2.24) is 4.90 Å². The normalized spacial score (nSPS) is 18.1. The Kier molecular flexibility index (Phi) is 7.57. The minimum Gasteiger partial charge on any atom is -0.507 e. The summed E-state index contributed by atoms with van der Waals surface area (Å²) in [5.74, 6) is -0.743. The number of ether oxygens (including phenoxy) is 1. The summed E-state index contributed by atoms with van der Waals surface area (Å²) in [4.78, 5) is 33.1. The number of aryl methyl sites for hydroxylation is 2. The van der Waals surface area contributed by atoms with Crippen LogP contribution in [0.15, 0.2) is 66.2 Å². The highest BCUT2D eigenvalue weighted by Crippen LogP contribution is 2.42. The average Bonchev–Trinajstić information content (AvgIpc) is 3.20. The van der Waals surface area contributed by atoms with Gasteiger partial charge in [-0.2, -0.15) is 0 Å². The van der Waals surface area contributed by atoms with E-state index in [1.165, 1.54) is 0 Å². The van der Waals surface area contributed by atoms with E-state index >= 15 is 0 Å². The Labute approximate surface area is 236 Å². The first-order valence-corrected chi connectivity index (χ1v) is 13.9. The number of benzene rings is 3. The van der Waals surface area contributed by atoms with Gasteiger partial charge in [0.2, 0.25) is 0 Å². The topological polar surface area (TPSA) is 73.3 Å². The van der Waals surface area contributed by atoms with Crippen LogP contribution in [0.1, 0.15) is 47.7 Å². The van der Waals surface area contributed by atoms with Crippen LogP contribution < -0.4 is 14.5 Å². The fraction of sp³-hybridized carbons (Fsp3) is 0.333. The van der Waals surface area contributed by atoms with E-state index in [9.17, 15) is 14.7 Å². The van der Waals surface area contributed by atoms with E-state index in [1.54, 1.807) is 17.0 Å². The highest BCUT2D eigenvalue weighted by atomic mass is 16.5. The maximum atomic E-state index is 13.6. The molecule has 2 aliphatic heterocycles. The summed E-state index contributed by atoms with van der Waals surface area (Å²) in [7, 11) is 1.96. The molecule has 3 aromatic rings. The summed E-state index contributed by atoms with van der Waals surface area (Å²) in [6, 6.07) is 18.7. The van der Waals surface area contributed by atoms with Gasteiger partial charge in [-0.3, -0.25) is 9.59 Å². The van der Waals surface area contributed by atoms with Crippen LogP contribution in [-0.4, -0.2) is 55.0 Å². The van der Waals surface area contributed by atoms with Crippen LogP contribution in [-0.2, 0) is 16.1 Å². The van der Waals surface area contributed by atoms with E-state index in [2.05, 4.69) is 29.7 Å². The number of likely N-dealkylation sites (N-methyl/N-ethyl adjacent to an activating group) is 1. The first-order chi connectivity index (χ1) is 19.2. The molecule has 7 heteroatoms. The molecule has 3 aromatic carbocycles. The molecule has 0 radical (unpaired) electrons. The second-order valence-electron chi connectivity index (χ2n) is 10.6. The van der Waals surface area contributed by atoms with Gasteiger partial charge >= 0.3 is 0 Å². The van der Waals surface area contributed by atoms with Crippen molar-refractivity contribution in [3.05, 3.63) is 94.1 Å². The molecular weight excluding hydrogens is 502 g/mol. The third kappa shape index (κ3) is 4.92. The Morgan fingerprint density at radius 3 is 2.42 bits per heavy atom. The summed E-state index contributed by atoms with van der Waals surface area (Å²) >= 11 is 0. The number of nitrogens with zero attached hydrogens (tertiary/aromatic N) is 3. The molecule has 1 fully saturated rings. The number of carbonyl (C=O) groups is 2. The smallest absolute Gasteiger partial charge is 0.295 e. The van der Waals surface area contributed by atoms with Crippen LogP contribution in [0.3, 0.4) is 0 Å². The van der Waals surface area contributed by atoms with Crippen LogP contribution in [0.4, 0.5) is 11.4 Å². The van der Waals surface area contributed by atoms with Crippen molar-refractivity contribution in [1.29, 1.82) is 0 Å². The van der Waals surface area contributed by atoms with Crippen molar-refractivity contribution in [2.24, 2.45) is 0 Å². The lowest BCUT2D eigenvalue weighted by atomic mass is 9.94. The quantitative estimate of drug-likeness (QED) is 0.239. The molecule has 40 heavy (non-hydrogen) atoms. The number of fused-ring (bicyclic) bond motifs is 1. The number of anilines is 2. The zero-order valence-corrected chi connectivity index (χ0v) is 23.9. The van der Waals surface area contributed by atoms with Gasteiger partial charge < -0.3 is 24.5 Å². The van der Waals surface area contributed by atoms with E-state index in [1.807, 2.05) is 63.4 Å². The maximum Gasteiger partial charge on any atom is 0.295 e. The fourth-order valence-corrected chi connectivity index (χ4v) is 5.65. The number of amides is 1. The molecule has 5 rings (SSSR count). The molecular formula is C33H37N3O4. The van der Waals surface area contributed by atoms with Crippen molar-refractivity contribution in [3.8, 4) is 5.75 Å². The van der Waals surface area contributed by atoms with Gasteiger partial charge in [-0.25, -0.2) is 0 Å². The number of aliphatic hydroxyl groups is 1. The Morgan fingerprint density at radius 1 is 1.00 bits per heavy atom. The Morgan fingerprint density at radius 2 is 1.73 bits per heavy atom. The minimum absolute atomic E-state index is 0.102. The molecule has 0 bridgehead atoms. The molecule has 2 heterocycles. The molecule has 0 aliphatic carbocycles. The largest absolute Gasteiger partial charge is 0.507 e. The van der Waals surface area contributed by atoms with E-state index in [4.69, 9.17) is 4.74 Å². The summed E-state index contributed by atoms with van der Waals surface area (Å²) in [5.41, 5.74) is 6.35. The Bertz CT molecular complexity index is 1470. The first-order valence-electron chi connectivity index (χ1n) is 13.9. The van der Waals surface area contributed by atoms with Crippen LogP contribution in [0.2, 0.25) is 0 Å². The van der Waals surface area contributed by atoms with Gasteiger partial charge in [0.25, 0.3) is 11.7 Å². The molecule has 208 valence electrons. The van der Waals surface area contributed by atoms with Gasteiger partial charge in [0.15, 0.2) is 0 Å². The third-order valence-corrected chi connectivity index (χ3v) is 8.05. The number of ketones is 1. The van der Waals surface area contributed by atoms with Crippen LogP contribution in [0.25, 0.3) is 5.76 Å². The highest BCUT2D eigenvalue weighted by Gasteiger charge is 2.46. The second kappa shape index (κ2) is 11.1. The van der Waals surface area contributed by atoms with Crippen molar-refractivity contribution in [2.45, 2.75) is 40.3 Å². The number of carbonyl (C=O) groups excluding carboxylic acids is 2. The molecule has 0 aromatic heterocycles. The molecule has 0 saturated carbocycles. The van der Waals surface area contributed by atoms with Crippen LogP contribution in [0, 0.1) is 13.8 Å². The highest BCUT2D eigenvalue weighted by molar-refractivity contribution is 6.46. The minimum atomic E-state index is -0.726. The molecule has 7 nitrogen and oxygen atoms in total. The zero-order valence-electron chi connectivity index (χ0n) is 23.9. The Hall–Kier alpha value is -4.26. The Balaban J connectivity index is 1.64. The van der Waals surface area contributed by atoms with Crippen LogP contribution >= 0.6 is 0 Å². The van der Waals surface area contributed by atoms with E-state index in [-0.39, 0.29) is 17.9 Å². The van der Waals surface area contributed by atoms with E-state index in [0.717, 1.165) is 59.0 Å². The number of Topliss-reactive ketones (excluding diaryl/α,β-unsaturated/α-hetero) is 1. The van der Waals surface area contributed by atoms with Crippen molar-refractivity contribution in [2.75, 3.05) is 43.1 Å². The number of hydrogen-bond donors (Lipinski definition) is 1. The van der Waals surface area contributed by atoms with Gasteiger partial charge in [0.1, 0.15) is 18.1 Å². The number of hydrogen-bond acceptors (Lipinski definition) is 6. The number of rotatable bonds is 7. The SMILES string of the molecule is CCN(CC)c1ccc(C2/C(=C(/O)c3ccc4c(c3)N(C)CCO4)C(=O)C(=O)N2Cc2cc(C)ccc2C)cc1. The summed E-state index contributed by atoms with van der Waals surface area (Å²) < 4.78 is 5.76. The molecule has 1 atom stereocenters. The predicted molar refractivity (Wildman–Crippen MR) is 159 cm³/mol. The zero-order chi connectivity index (χ0) is 28.6. The lowest BCUT2D eigenvalue weighted by Crippen LogP contribution is -2.29. The summed E-state index contributed by atoms with van der Waals surface area (Å²) in [6.07, 6.45) is 0. The fourth-order valence-electron chi connectivity index (χ4n) is 5.65. The summed E-state index contributed by atoms with van der Waals surface area (Å²) in [5, 5.41) is 11.6. The molecule has 1 saturated heterocycles. The second-order valence-corrected chi connectivity index (χ2v) is 10.6. The lowest BCUT2D eigenvalue weighted by molar-refractivity contribution is -0.140. The summed E-state index contributed by atoms with van der Waals surface area (Å²) in [6.45, 7) is 11.5. The molecule has 1 amide bonds. The van der Waals surface area contributed by atoms with Gasteiger partial charge in [-0.05, 0) is 74.7 Å². The monoisotopic (exact) mass is 539 g/mol. The van der Waals surface area contributed by atoms with Crippen molar-refractivity contribution >= 4 is 28.8 Å². The van der Waals surface area contributed by atoms with E-state index < -0.39 is 17.7 Å². The average molecular weight is 540 g/mol. The van der Waals surface area contributed by atoms with E-state index in [0.29, 0.717) is 12.2 Å². The van der Waals surface area contributed by atoms with Crippen molar-refractivity contribution < 1.29 is 19.4 Å². The van der Waals surface area contributed by atoms with Crippen molar-refractivity contribution in [3.63, 3.8) is 0 Å². The molecule has 2 aliphatic rings. The van der Waals surface area contributed by atoms with Crippen LogP contribution in [0.5, 0.6) is 5.75 Å². The third-order valence-electron chi connectivity index (χ3n) is 8.05. The molecule has 0 spiro atoms. The number of likely N-dealkylation sites (tertiary alicyclic amines) is 1. The van der Waals surface area contributed by atoms with Gasteiger partial charge in [0, 0.05) is 37.9 Å². The lowest BCUT2D eigenvalue weighted by Gasteiger charge is -2.29. The van der Waals surface area contributed by atoms with Gasteiger partial charge in [-0.15, -0.1) is 0 Å². The first kappa shape index (κ1) is 27.3. The predicted octanol–water partition coefficient (Wildman–Crippen LogP) is 5.60. The maximum absolute atomic E-state index is 13.6.